The molecule has 1 atom stereocenters. The number of hydrogen-bond acceptors (Lipinski definition) is 2. The smallest absolute Gasteiger partial charge is 0.220 e. The number of imidazole rings is 1. The summed E-state index contributed by atoms with van der Waals surface area (Å²) in [6, 6.07) is 18.6. The van der Waals surface area contributed by atoms with Crippen LogP contribution in [0.25, 0.3) is 16.7 Å². The van der Waals surface area contributed by atoms with E-state index >= 15 is 0 Å². The Balaban J connectivity index is 1.57. The molecule has 1 heterocycles. The highest BCUT2D eigenvalue weighted by atomic mass is 16.1. The molecule has 3 aromatic rings. The van der Waals surface area contributed by atoms with Crippen molar-refractivity contribution in [3.05, 3.63) is 60.4 Å². The molecule has 4 nitrogen and oxygen atoms in total. The van der Waals surface area contributed by atoms with Crippen LogP contribution in [0.2, 0.25) is 0 Å². The lowest BCUT2D eigenvalue weighted by molar-refractivity contribution is -0.121. The summed E-state index contributed by atoms with van der Waals surface area (Å²) in [5.74, 6) is 1.73. The van der Waals surface area contributed by atoms with E-state index < -0.39 is 0 Å². The summed E-state index contributed by atoms with van der Waals surface area (Å²) in [6.45, 7) is 2.11. The second-order valence-corrected chi connectivity index (χ2v) is 6.88. The summed E-state index contributed by atoms with van der Waals surface area (Å²) in [5.41, 5.74) is 3.13. The highest BCUT2D eigenvalue weighted by Gasteiger charge is 2.28. The van der Waals surface area contributed by atoms with Crippen molar-refractivity contribution < 1.29 is 4.79 Å². The van der Waals surface area contributed by atoms with Crippen LogP contribution in [0.15, 0.2) is 54.6 Å². The maximum absolute atomic E-state index is 12.3. The number of hydrogen-bond donors (Lipinski definition) is 1. The van der Waals surface area contributed by atoms with Crippen LogP contribution in [0.3, 0.4) is 0 Å². The van der Waals surface area contributed by atoms with E-state index in [2.05, 4.69) is 35.0 Å². The Hall–Kier alpha value is -2.62. The predicted molar refractivity (Wildman–Crippen MR) is 99.7 cm³/mol. The van der Waals surface area contributed by atoms with E-state index in [0.717, 1.165) is 22.5 Å². The third-order valence-electron chi connectivity index (χ3n) is 4.94. The third-order valence-corrected chi connectivity index (χ3v) is 4.94. The van der Waals surface area contributed by atoms with E-state index in [1.54, 1.807) is 0 Å². The zero-order valence-corrected chi connectivity index (χ0v) is 14.5. The van der Waals surface area contributed by atoms with Crippen LogP contribution < -0.4 is 5.32 Å². The van der Waals surface area contributed by atoms with Gasteiger partial charge in [-0.25, -0.2) is 4.98 Å². The maximum Gasteiger partial charge on any atom is 0.220 e. The molecule has 128 valence electrons. The summed E-state index contributed by atoms with van der Waals surface area (Å²) in [7, 11) is 0. The minimum Gasteiger partial charge on any atom is -0.353 e. The molecule has 1 aromatic heterocycles. The molecule has 0 aliphatic heterocycles. The Morgan fingerprint density at radius 1 is 1.16 bits per heavy atom. The van der Waals surface area contributed by atoms with Gasteiger partial charge >= 0.3 is 0 Å². The molecule has 0 spiro atoms. The summed E-state index contributed by atoms with van der Waals surface area (Å²) in [4.78, 5) is 17.0. The second-order valence-electron chi connectivity index (χ2n) is 6.88. The largest absolute Gasteiger partial charge is 0.353 e. The van der Waals surface area contributed by atoms with Crippen molar-refractivity contribution in [1.29, 1.82) is 0 Å². The number of rotatable bonds is 6. The summed E-state index contributed by atoms with van der Waals surface area (Å²) < 4.78 is 2.16. The van der Waals surface area contributed by atoms with E-state index in [0.29, 0.717) is 24.8 Å². The van der Waals surface area contributed by atoms with E-state index in [9.17, 15) is 4.79 Å². The average molecular weight is 333 g/mol. The Kier molecular flexibility index (Phi) is 4.26. The van der Waals surface area contributed by atoms with Crippen molar-refractivity contribution in [2.24, 2.45) is 5.92 Å². The predicted octanol–water partition coefficient (Wildman–Crippen LogP) is 3.87. The summed E-state index contributed by atoms with van der Waals surface area (Å²) in [6.07, 6.45) is 3.58. The lowest BCUT2D eigenvalue weighted by atomic mass is 10.2. The van der Waals surface area contributed by atoms with Crippen LogP contribution in [0.1, 0.15) is 32.0 Å². The topological polar surface area (TPSA) is 46.9 Å². The van der Waals surface area contributed by atoms with Crippen LogP contribution in [-0.2, 0) is 11.2 Å². The molecule has 0 saturated heterocycles. The number of nitrogens with one attached hydrogen (secondary N) is 1. The number of aromatic nitrogens is 2. The molecule has 4 rings (SSSR count). The van der Waals surface area contributed by atoms with Gasteiger partial charge in [0.15, 0.2) is 0 Å². The molecule has 0 bridgehead atoms. The van der Waals surface area contributed by atoms with Gasteiger partial charge in [-0.1, -0.05) is 30.3 Å². The SMILES string of the molecule is CC(NC(=O)CCc1nc2ccccc2n1-c1ccccc1)C1CC1. The van der Waals surface area contributed by atoms with Crippen molar-refractivity contribution in [2.45, 2.75) is 38.6 Å². The summed E-state index contributed by atoms with van der Waals surface area (Å²) >= 11 is 0. The van der Waals surface area contributed by atoms with Gasteiger partial charge in [0, 0.05) is 24.6 Å². The van der Waals surface area contributed by atoms with Crippen molar-refractivity contribution >= 4 is 16.9 Å². The van der Waals surface area contributed by atoms with Crippen LogP contribution in [-0.4, -0.2) is 21.5 Å². The number of carbonyl (C=O) groups excluding carboxylic acids is 1. The highest BCUT2D eigenvalue weighted by molar-refractivity contribution is 5.79. The fourth-order valence-electron chi connectivity index (χ4n) is 3.37. The fraction of sp³-hybridized carbons (Fsp3) is 0.333. The van der Waals surface area contributed by atoms with Gasteiger partial charge in [0.05, 0.1) is 11.0 Å². The first-order valence-corrected chi connectivity index (χ1v) is 9.03. The van der Waals surface area contributed by atoms with Crippen molar-refractivity contribution in [3.8, 4) is 5.69 Å². The molecule has 4 heteroatoms. The molecular formula is C21H23N3O. The molecule has 1 aliphatic rings. The standard InChI is InChI=1S/C21H23N3O/c1-15(16-11-12-16)22-21(25)14-13-20-23-18-9-5-6-10-19(18)24(20)17-7-3-2-4-8-17/h2-10,15-16H,11-14H2,1H3,(H,22,25). The van der Waals surface area contributed by atoms with Gasteiger partial charge in [-0.05, 0) is 49.9 Å². The number of fused-ring (bicyclic) bond motifs is 1. The molecule has 1 aliphatic carbocycles. The van der Waals surface area contributed by atoms with Crippen LogP contribution in [0, 0.1) is 5.92 Å². The molecule has 1 saturated carbocycles. The zero-order valence-electron chi connectivity index (χ0n) is 14.5. The van der Waals surface area contributed by atoms with Crippen LogP contribution in [0.5, 0.6) is 0 Å². The lowest BCUT2D eigenvalue weighted by Gasteiger charge is -2.13. The number of nitrogens with zero attached hydrogens (tertiary/aromatic N) is 2. The molecule has 0 radical (unpaired) electrons. The van der Waals surface area contributed by atoms with Gasteiger partial charge < -0.3 is 5.32 Å². The summed E-state index contributed by atoms with van der Waals surface area (Å²) in [5, 5.41) is 3.13. The van der Waals surface area contributed by atoms with E-state index in [1.807, 2.05) is 36.4 Å². The number of benzene rings is 2. The van der Waals surface area contributed by atoms with Gasteiger partial charge in [-0.2, -0.15) is 0 Å². The van der Waals surface area contributed by atoms with Gasteiger partial charge in [0.1, 0.15) is 5.82 Å². The molecular weight excluding hydrogens is 310 g/mol. The van der Waals surface area contributed by atoms with E-state index in [4.69, 9.17) is 4.98 Å². The molecule has 1 unspecified atom stereocenters. The second kappa shape index (κ2) is 6.71. The van der Waals surface area contributed by atoms with Gasteiger partial charge in [-0.3, -0.25) is 9.36 Å². The van der Waals surface area contributed by atoms with Gasteiger partial charge in [0.2, 0.25) is 5.91 Å². The molecule has 1 amide bonds. The quantitative estimate of drug-likeness (QED) is 0.744. The Bertz CT molecular complexity index is 881. The first-order valence-electron chi connectivity index (χ1n) is 9.03. The van der Waals surface area contributed by atoms with E-state index in [-0.39, 0.29) is 5.91 Å². The lowest BCUT2D eigenvalue weighted by Crippen LogP contribution is -2.34. The van der Waals surface area contributed by atoms with Crippen LogP contribution >= 0.6 is 0 Å². The highest BCUT2D eigenvalue weighted by Crippen LogP contribution is 2.32. The Morgan fingerprint density at radius 2 is 1.88 bits per heavy atom. The Morgan fingerprint density at radius 3 is 2.64 bits per heavy atom. The Labute approximate surface area is 147 Å². The maximum atomic E-state index is 12.3. The van der Waals surface area contributed by atoms with Crippen LogP contribution in [0.4, 0.5) is 0 Å². The number of para-hydroxylation sites is 3. The molecule has 1 fully saturated rings. The normalized spacial score (nSPS) is 15.2. The number of amides is 1. The van der Waals surface area contributed by atoms with Crippen molar-refractivity contribution in [2.75, 3.05) is 0 Å². The molecule has 2 aromatic carbocycles. The average Bonchev–Trinajstić information content (AvgIpc) is 3.41. The number of aryl methyl sites for hydroxylation is 1. The zero-order chi connectivity index (χ0) is 17.2. The third kappa shape index (κ3) is 3.43. The van der Waals surface area contributed by atoms with Gasteiger partial charge in [0.25, 0.3) is 0 Å². The van der Waals surface area contributed by atoms with Crippen molar-refractivity contribution in [1.82, 2.24) is 14.9 Å². The fourth-order valence-corrected chi connectivity index (χ4v) is 3.37. The minimum absolute atomic E-state index is 0.117. The van der Waals surface area contributed by atoms with Gasteiger partial charge in [-0.15, -0.1) is 0 Å². The first kappa shape index (κ1) is 15.9. The van der Waals surface area contributed by atoms with Crippen molar-refractivity contribution in [3.63, 3.8) is 0 Å². The number of carbonyl (C=O) groups is 1. The first-order chi connectivity index (χ1) is 12.2. The minimum atomic E-state index is 0.117. The molecule has 1 N–H and O–H groups in total. The van der Waals surface area contributed by atoms with E-state index in [1.165, 1.54) is 12.8 Å². The molecule has 25 heavy (non-hydrogen) atoms. The monoisotopic (exact) mass is 333 g/mol.